The van der Waals surface area contributed by atoms with Crippen LogP contribution in [0.2, 0.25) is 0 Å². The van der Waals surface area contributed by atoms with E-state index in [1.165, 1.54) is 21.8 Å². The first kappa shape index (κ1) is 30.7. The lowest BCUT2D eigenvalue weighted by molar-refractivity contribution is -0.154. The Hall–Kier alpha value is -3.30. The van der Waals surface area contributed by atoms with Crippen molar-refractivity contribution in [2.75, 3.05) is 32.5 Å². The van der Waals surface area contributed by atoms with Crippen molar-refractivity contribution in [1.82, 2.24) is 14.8 Å². The molecule has 0 aliphatic carbocycles. The summed E-state index contributed by atoms with van der Waals surface area (Å²) in [5.41, 5.74) is 3.53. The van der Waals surface area contributed by atoms with Crippen molar-refractivity contribution in [2.45, 2.75) is 71.9 Å². The van der Waals surface area contributed by atoms with Gasteiger partial charge in [-0.1, -0.05) is 13.0 Å². The number of rotatable bonds is 7. The highest BCUT2D eigenvalue weighted by molar-refractivity contribution is 7.17. The highest BCUT2D eigenvalue weighted by atomic mass is 32.1. The van der Waals surface area contributed by atoms with E-state index >= 15 is 0 Å². The molecule has 9 heteroatoms. The molecule has 1 aromatic carbocycles. The van der Waals surface area contributed by atoms with Crippen LogP contribution in [0.25, 0.3) is 10.1 Å². The summed E-state index contributed by atoms with van der Waals surface area (Å²) in [4.78, 5) is 47.2. The molecule has 8 nitrogen and oxygen atoms in total. The lowest BCUT2D eigenvalue weighted by Crippen LogP contribution is -2.46. The average molecular weight is 579 g/mol. The molecule has 3 aromatic rings. The topological polar surface area (TPSA) is 91.8 Å². The van der Waals surface area contributed by atoms with Crippen LogP contribution in [0.4, 0.5) is 5.69 Å². The van der Waals surface area contributed by atoms with Gasteiger partial charge in [-0.2, -0.15) is 0 Å². The van der Waals surface area contributed by atoms with Gasteiger partial charge in [0.1, 0.15) is 5.60 Å². The zero-order valence-corrected chi connectivity index (χ0v) is 26.1. The lowest BCUT2D eigenvalue weighted by atomic mass is 9.89. The minimum Gasteiger partial charge on any atom is -0.460 e. The molecular formula is C32H42N4O4S. The summed E-state index contributed by atoms with van der Waals surface area (Å²) in [6, 6.07) is 8.03. The van der Waals surface area contributed by atoms with E-state index in [1.807, 2.05) is 27.7 Å². The summed E-state index contributed by atoms with van der Waals surface area (Å²) < 4.78 is 6.63. The second-order valence-corrected chi connectivity index (χ2v) is 13.3. The number of aryl methyl sites for hydroxylation is 1. The zero-order chi connectivity index (χ0) is 29.9. The first-order chi connectivity index (χ1) is 19.3. The third kappa shape index (κ3) is 7.92. The molecule has 0 saturated carbocycles. The SMILES string of the molecule is Cc1cc(NC(=O)C(=O)N2CC(C)CCC2c2ccc3scc(CCN(C)C)c3c2)cnc1CC(=O)OC(C)(C)C. The third-order valence-electron chi connectivity index (χ3n) is 7.34. The molecule has 0 radical (unpaired) electrons. The maximum absolute atomic E-state index is 13.5. The van der Waals surface area contributed by atoms with Crippen molar-refractivity contribution in [1.29, 1.82) is 0 Å². The summed E-state index contributed by atoms with van der Waals surface area (Å²) in [5.74, 6) is -1.29. The number of thiophene rings is 1. The quantitative estimate of drug-likeness (QED) is 0.293. The molecule has 1 N–H and O–H groups in total. The molecular weight excluding hydrogens is 536 g/mol. The number of anilines is 1. The van der Waals surface area contributed by atoms with E-state index in [-0.39, 0.29) is 18.4 Å². The van der Waals surface area contributed by atoms with Crippen LogP contribution < -0.4 is 5.32 Å². The Kier molecular flexibility index (Phi) is 9.49. The van der Waals surface area contributed by atoms with Crippen molar-refractivity contribution in [2.24, 2.45) is 5.92 Å². The number of hydrogen-bond donors (Lipinski definition) is 1. The fourth-order valence-corrected chi connectivity index (χ4v) is 6.23. The van der Waals surface area contributed by atoms with E-state index in [0.29, 0.717) is 23.8 Å². The lowest BCUT2D eigenvalue weighted by Gasteiger charge is -2.38. The highest BCUT2D eigenvalue weighted by Gasteiger charge is 2.34. The predicted octanol–water partition coefficient (Wildman–Crippen LogP) is 5.53. The van der Waals surface area contributed by atoms with Gasteiger partial charge in [-0.25, -0.2) is 0 Å². The fraction of sp³-hybridized carbons (Fsp3) is 0.500. The smallest absolute Gasteiger partial charge is 0.313 e. The number of piperidine rings is 1. The molecule has 2 atom stereocenters. The van der Waals surface area contributed by atoms with Gasteiger partial charge in [0.15, 0.2) is 0 Å². The van der Waals surface area contributed by atoms with Crippen LogP contribution >= 0.6 is 11.3 Å². The Morgan fingerprint density at radius 1 is 1.17 bits per heavy atom. The number of amides is 2. The number of carbonyl (C=O) groups is 3. The van der Waals surface area contributed by atoms with Gasteiger partial charge in [0.2, 0.25) is 0 Å². The highest BCUT2D eigenvalue weighted by Crippen LogP contribution is 2.37. The molecule has 2 unspecified atom stereocenters. The molecule has 3 heterocycles. The van der Waals surface area contributed by atoms with Crippen molar-refractivity contribution >= 4 is 44.9 Å². The van der Waals surface area contributed by atoms with E-state index in [4.69, 9.17) is 4.74 Å². The van der Waals surface area contributed by atoms with Crippen LogP contribution in [0, 0.1) is 12.8 Å². The minimum atomic E-state index is -0.687. The number of pyridine rings is 1. The summed E-state index contributed by atoms with van der Waals surface area (Å²) in [6.45, 7) is 10.9. The molecule has 2 amide bonds. The van der Waals surface area contributed by atoms with Crippen LogP contribution in [0.1, 0.15) is 69.0 Å². The molecule has 1 aliphatic rings. The molecule has 0 spiro atoms. The number of likely N-dealkylation sites (tertiary alicyclic amines) is 1. The van der Waals surface area contributed by atoms with Gasteiger partial charge >= 0.3 is 17.8 Å². The number of nitrogens with one attached hydrogen (secondary N) is 1. The second kappa shape index (κ2) is 12.7. The Bertz CT molecular complexity index is 1420. The van der Waals surface area contributed by atoms with Gasteiger partial charge in [0.25, 0.3) is 0 Å². The molecule has 1 aliphatic heterocycles. The van der Waals surface area contributed by atoms with E-state index in [2.05, 4.69) is 59.8 Å². The number of esters is 1. The van der Waals surface area contributed by atoms with E-state index in [1.54, 1.807) is 22.3 Å². The van der Waals surface area contributed by atoms with Crippen LogP contribution in [-0.4, -0.2) is 65.4 Å². The molecule has 1 saturated heterocycles. The zero-order valence-electron chi connectivity index (χ0n) is 25.2. The minimum absolute atomic E-state index is 0.0366. The maximum atomic E-state index is 13.5. The normalized spacial score (nSPS) is 17.6. The van der Waals surface area contributed by atoms with E-state index in [0.717, 1.165) is 36.9 Å². The van der Waals surface area contributed by atoms with Gasteiger partial charge in [-0.15, -0.1) is 11.3 Å². The molecule has 41 heavy (non-hydrogen) atoms. The number of benzene rings is 1. The van der Waals surface area contributed by atoms with Crippen molar-refractivity contribution < 1.29 is 19.1 Å². The van der Waals surface area contributed by atoms with E-state index in [9.17, 15) is 14.4 Å². The monoisotopic (exact) mass is 578 g/mol. The average Bonchev–Trinajstić information content (AvgIpc) is 3.29. The summed E-state index contributed by atoms with van der Waals surface area (Å²) in [5, 5.41) is 6.20. The Morgan fingerprint density at radius 2 is 1.93 bits per heavy atom. The van der Waals surface area contributed by atoms with Gasteiger partial charge < -0.3 is 19.9 Å². The molecule has 4 rings (SSSR count). The Morgan fingerprint density at radius 3 is 2.61 bits per heavy atom. The molecule has 2 aromatic heterocycles. The number of hydrogen-bond acceptors (Lipinski definition) is 7. The summed E-state index contributed by atoms with van der Waals surface area (Å²) >= 11 is 1.75. The molecule has 0 bridgehead atoms. The van der Waals surface area contributed by atoms with Crippen LogP contribution in [0.15, 0.2) is 35.8 Å². The third-order valence-corrected chi connectivity index (χ3v) is 8.35. The maximum Gasteiger partial charge on any atom is 0.313 e. The predicted molar refractivity (Wildman–Crippen MR) is 164 cm³/mol. The molecule has 220 valence electrons. The largest absolute Gasteiger partial charge is 0.460 e. The number of nitrogens with zero attached hydrogens (tertiary/aromatic N) is 3. The number of carbonyl (C=O) groups excluding carboxylic acids is 3. The summed E-state index contributed by atoms with van der Waals surface area (Å²) in [7, 11) is 4.15. The second-order valence-electron chi connectivity index (χ2n) is 12.4. The van der Waals surface area contributed by atoms with Gasteiger partial charge in [0.05, 0.1) is 30.0 Å². The fourth-order valence-electron chi connectivity index (χ4n) is 5.25. The van der Waals surface area contributed by atoms with Crippen molar-refractivity contribution in [3.05, 3.63) is 58.2 Å². The van der Waals surface area contributed by atoms with Gasteiger partial charge in [-0.05, 0) is 113 Å². The first-order valence-corrected chi connectivity index (χ1v) is 15.1. The van der Waals surface area contributed by atoms with Crippen LogP contribution in [-0.2, 0) is 32.0 Å². The van der Waals surface area contributed by atoms with Crippen molar-refractivity contribution in [3.63, 3.8) is 0 Å². The van der Waals surface area contributed by atoms with E-state index < -0.39 is 17.4 Å². The Balaban J connectivity index is 1.49. The number of fused-ring (bicyclic) bond motifs is 1. The number of ether oxygens (including phenoxy) is 1. The summed E-state index contributed by atoms with van der Waals surface area (Å²) in [6.07, 6.45) is 4.28. The van der Waals surface area contributed by atoms with Crippen molar-refractivity contribution in [3.8, 4) is 0 Å². The van der Waals surface area contributed by atoms with Gasteiger partial charge in [-0.3, -0.25) is 19.4 Å². The van der Waals surface area contributed by atoms with Crippen LogP contribution in [0.3, 0.4) is 0 Å². The first-order valence-electron chi connectivity index (χ1n) is 14.2. The van der Waals surface area contributed by atoms with Gasteiger partial charge in [0, 0.05) is 17.8 Å². The Labute approximate surface area is 247 Å². The number of likely N-dealkylation sites (N-methyl/N-ethyl adjacent to an activating group) is 1. The van der Waals surface area contributed by atoms with Crippen LogP contribution in [0.5, 0.6) is 0 Å². The number of aromatic nitrogens is 1. The standard InChI is InChI=1S/C32H42N4O4S/c1-20-8-10-27(22-9-11-28-25(15-22)23(19-41-28)12-13-35(6)7)36(18-20)31(39)30(38)34-24-14-21(2)26(33-17-24)16-29(37)40-32(3,4)5/h9,11,14-15,17,19-20,27H,8,10,12-13,16,18H2,1-7H3,(H,34,38). The molecule has 1 fully saturated rings.